The second-order valence-corrected chi connectivity index (χ2v) is 6.96. The van der Waals surface area contributed by atoms with Crippen molar-refractivity contribution in [3.63, 3.8) is 0 Å². The van der Waals surface area contributed by atoms with Gasteiger partial charge in [-0.05, 0) is 25.1 Å². The molecule has 0 atom stereocenters. The van der Waals surface area contributed by atoms with Crippen molar-refractivity contribution < 1.29 is 4.74 Å². The molecule has 1 saturated heterocycles. The highest BCUT2D eigenvalue weighted by molar-refractivity contribution is 7.99. The number of ether oxygens (including phenoxy) is 1. The van der Waals surface area contributed by atoms with Crippen LogP contribution in [0.5, 0.6) is 0 Å². The Kier molecular flexibility index (Phi) is 5.55. The maximum absolute atomic E-state index is 5.20. The summed E-state index contributed by atoms with van der Waals surface area (Å²) in [6.45, 7) is 8.48. The van der Waals surface area contributed by atoms with E-state index in [1.165, 1.54) is 28.6 Å². The lowest BCUT2D eigenvalue weighted by molar-refractivity contribution is 0.200. The average molecular weight is 322 g/mol. The van der Waals surface area contributed by atoms with Crippen molar-refractivity contribution in [2.75, 3.05) is 57.1 Å². The summed E-state index contributed by atoms with van der Waals surface area (Å²) in [5.74, 6) is 3.31. The number of thioether (sulfide) groups is 1. The lowest BCUT2D eigenvalue weighted by atomic mass is 10.2. The SMILES string of the molecule is CCN1CCN(c2nc(CCOC)nc3c2SCCC3)CC1. The van der Waals surface area contributed by atoms with Crippen LogP contribution in [-0.2, 0) is 17.6 Å². The molecule has 0 aromatic carbocycles. The zero-order valence-corrected chi connectivity index (χ0v) is 14.5. The predicted octanol–water partition coefficient (Wildman–Crippen LogP) is 1.85. The fraction of sp³-hybridized carbons (Fsp3) is 0.750. The van der Waals surface area contributed by atoms with E-state index in [2.05, 4.69) is 16.7 Å². The number of aromatic nitrogens is 2. The lowest BCUT2D eigenvalue weighted by Crippen LogP contribution is -2.46. The van der Waals surface area contributed by atoms with Gasteiger partial charge in [-0.1, -0.05) is 6.92 Å². The van der Waals surface area contributed by atoms with Crippen molar-refractivity contribution in [2.45, 2.75) is 31.1 Å². The molecule has 0 spiro atoms. The fourth-order valence-corrected chi connectivity index (χ4v) is 4.17. The maximum atomic E-state index is 5.20. The number of hydrogen-bond acceptors (Lipinski definition) is 6. The molecule has 22 heavy (non-hydrogen) atoms. The van der Waals surface area contributed by atoms with Gasteiger partial charge in [0.15, 0.2) is 0 Å². The summed E-state index contributed by atoms with van der Waals surface area (Å²) in [6.07, 6.45) is 3.12. The molecule has 1 aromatic rings. The van der Waals surface area contributed by atoms with Crippen LogP contribution < -0.4 is 4.90 Å². The number of methoxy groups -OCH3 is 1. The first kappa shape index (κ1) is 16.0. The molecule has 1 fully saturated rings. The van der Waals surface area contributed by atoms with E-state index >= 15 is 0 Å². The number of likely N-dealkylation sites (N-methyl/N-ethyl adjacent to an activating group) is 1. The monoisotopic (exact) mass is 322 g/mol. The summed E-state index contributed by atoms with van der Waals surface area (Å²) in [5.41, 5.74) is 1.25. The summed E-state index contributed by atoms with van der Waals surface area (Å²) < 4.78 is 5.20. The smallest absolute Gasteiger partial charge is 0.146 e. The fourth-order valence-electron chi connectivity index (χ4n) is 3.06. The molecule has 2 aliphatic rings. The first-order valence-corrected chi connectivity index (χ1v) is 9.29. The summed E-state index contributed by atoms with van der Waals surface area (Å²) in [4.78, 5) is 16.0. The van der Waals surface area contributed by atoms with Crippen molar-refractivity contribution in [2.24, 2.45) is 0 Å². The first-order chi connectivity index (χ1) is 10.8. The molecule has 6 heteroatoms. The lowest BCUT2D eigenvalue weighted by Gasteiger charge is -2.36. The van der Waals surface area contributed by atoms with Crippen LogP contribution in [-0.4, -0.2) is 67.1 Å². The predicted molar refractivity (Wildman–Crippen MR) is 91.0 cm³/mol. The van der Waals surface area contributed by atoms with Gasteiger partial charge in [0.1, 0.15) is 11.6 Å². The third-order valence-corrected chi connectivity index (χ3v) is 5.62. The standard InChI is InChI=1S/C16H26N4OS/c1-3-19-7-9-20(10-8-19)16-15-13(5-4-12-22-15)17-14(18-16)6-11-21-2/h3-12H2,1-2H3. The van der Waals surface area contributed by atoms with Crippen LogP contribution in [0.3, 0.4) is 0 Å². The largest absolute Gasteiger partial charge is 0.384 e. The molecule has 0 saturated carbocycles. The molecule has 2 aliphatic heterocycles. The zero-order chi connectivity index (χ0) is 15.4. The van der Waals surface area contributed by atoms with Crippen LogP contribution in [0.2, 0.25) is 0 Å². The van der Waals surface area contributed by atoms with Crippen LogP contribution in [0.1, 0.15) is 24.9 Å². The van der Waals surface area contributed by atoms with Gasteiger partial charge in [0.05, 0.1) is 17.2 Å². The van der Waals surface area contributed by atoms with E-state index in [-0.39, 0.29) is 0 Å². The van der Waals surface area contributed by atoms with Crippen LogP contribution >= 0.6 is 11.8 Å². The minimum Gasteiger partial charge on any atom is -0.384 e. The molecule has 0 bridgehead atoms. The van der Waals surface area contributed by atoms with Gasteiger partial charge in [-0.2, -0.15) is 0 Å². The number of aryl methyl sites for hydroxylation is 1. The van der Waals surface area contributed by atoms with Gasteiger partial charge in [-0.25, -0.2) is 9.97 Å². The van der Waals surface area contributed by atoms with Crippen LogP contribution in [0.4, 0.5) is 5.82 Å². The number of hydrogen-bond donors (Lipinski definition) is 0. The Morgan fingerprint density at radius 1 is 1.18 bits per heavy atom. The van der Waals surface area contributed by atoms with E-state index in [9.17, 15) is 0 Å². The van der Waals surface area contributed by atoms with Crippen molar-refractivity contribution in [3.05, 3.63) is 11.5 Å². The van der Waals surface area contributed by atoms with Crippen LogP contribution in [0.15, 0.2) is 4.90 Å². The quantitative estimate of drug-likeness (QED) is 0.824. The normalized spacial score (nSPS) is 19.3. The van der Waals surface area contributed by atoms with Crippen LogP contribution in [0.25, 0.3) is 0 Å². The molecular formula is C16H26N4OS. The van der Waals surface area contributed by atoms with Crippen molar-refractivity contribution in [1.82, 2.24) is 14.9 Å². The molecule has 0 unspecified atom stereocenters. The maximum Gasteiger partial charge on any atom is 0.146 e. The Morgan fingerprint density at radius 2 is 2.00 bits per heavy atom. The van der Waals surface area contributed by atoms with Crippen molar-refractivity contribution in [1.29, 1.82) is 0 Å². The number of piperazine rings is 1. The summed E-state index contributed by atoms with van der Waals surface area (Å²) in [5, 5.41) is 0. The molecule has 1 aromatic heterocycles. The minimum atomic E-state index is 0.689. The molecule has 0 amide bonds. The van der Waals surface area contributed by atoms with Gasteiger partial charge in [0.25, 0.3) is 0 Å². The second-order valence-electron chi connectivity index (χ2n) is 5.86. The molecule has 5 nitrogen and oxygen atoms in total. The first-order valence-electron chi connectivity index (χ1n) is 8.30. The Balaban J connectivity index is 1.84. The van der Waals surface area contributed by atoms with E-state index in [4.69, 9.17) is 14.7 Å². The second kappa shape index (κ2) is 7.62. The average Bonchev–Trinajstić information content (AvgIpc) is 2.59. The van der Waals surface area contributed by atoms with Gasteiger partial charge in [-0.3, -0.25) is 0 Å². The van der Waals surface area contributed by atoms with Gasteiger partial charge in [-0.15, -0.1) is 11.8 Å². The van der Waals surface area contributed by atoms with Crippen LogP contribution in [0, 0.1) is 0 Å². The molecular weight excluding hydrogens is 296 g/mol. The van der Waals surface area contributed by atoms with E-state index in [1.807, 2.05) is 11.8 Å². The van der Waals surface area contributed by atoms with Gasteiger partial charge in [0.2, 0.25) is 0 Å². The highest BCUT2D eigenvalue weighted by atomic mass is 32.2. The molecule has 3 heterocycles. The summed E-state index contributed by atoms with van der Waals surface area (Å²) >= 11 is 1.94. The Hall–Kier alpha value is -0.850. The number of nitrogens with zero attached hydrogens (tertiary/aromatic N) is 4. The van der Waals surface area contributed by atoms with Crippen molar-refractivity contribution in [3.8, 4) is 0 Å². The Labute approximate surface area is 137 Å². The highest BCUT2D eigenvalue weighted by Gasteiger charge is 2.24. The Bertz CT molecular complexity index is 503. The number of fused-ring (bicyclic) bond motifs is 1. The van der Waals surface area contributed by atoms with E-state index in [0.29, 0.717) is 6.61 Å². The third-order valence-electron chi connectivity index (χ3n) is 4.42. The molecule has 3 rings (SSSR count). The van der Waals surface area contributed by atoms with E-state index in [0.717, 1.165) is 51.4 Å². The molecule has 122 valence electrons. The molecule has 0 aliphatic carbocycles. The summed E-state index contributed by atoms with van der Waals surface area (Å²) in [6, 6.07) is 0. The number of rotatable bonds is 5. The molecule has 0 radical (unpaired) electrons. The summed E-state index contributed by atoms with van der Waals surface area (Å²) in [7, 11) is 1.74. The van der Waals surface area contributed by atoms with E-state index < -0.39 is 0 Å². The van der Waals surface area contributed by atoms with Gasteiger partial charge >= 0.3 is 0 Å². The van der Waals surface area contributed by atoms with Gasteiger partial charge < -0.3 is 14.5 Å². The Morgan fingerprint density at radius 3 is 2.73 bits per heavy atom. The third kappa shape index (κ3) is 3.55. The zero-order valence-electron chi connectivity index (χ0n) is 13.7. The van der Waals surface area contributed by atoms with Crippen molar-refractivity contribution >= 4 is 17.6 Å². The minimum absolute atomic E-state index is 0.689. The molecule has 0 N–H and O–H groups in total. The number of anilines is 1. The topological polar surface area (TPSA) is 41.5 Å². The van der Waals surface area contributed by atoms with Gasteiger partial charge in [0, 0.05) is 39.7 Å². The highest BCUT2D eigenvalue weighted by Crippen LogP contribution is 2.36. The van der Waals surface area contributed by atoms with E-state index in [1.54, 1.807) is 7.11 Å².